The Morgan fingerprint density at radius 3 is 2.60 bits per heavy atom. The van der Waals surface area contributed by atoms with Crippen LogP contribution in [-0.2, 0) is 0 Å². The summed E-state index contributed by atoms with van der Waals surface area (Å²) in [5.41, 5.74) is 1.24. The van der Waals surface area contributed by atoms with E-state index in [2.05, 4.69) is 4.98 Å². The van der Waals surface area contributed by atoms with Gasteiger partial charge in [-0.1, -0.05) is 0 Å². The molecule has 0 saturated heterocycles. The highest BCUT2D eigenvalue weighted by atomic mass is 16.6. The van der Waals surface area contributed by atoms with E-state index < -0.39 is 4.92 Å². The molecule has 0 N–H and O–H groups in total. The summed E-state index contributed by atoms with van der Waals surface area (Å²) < 4.78 is 5.11. The fraction of sp³-hybridized carbons (Fsp3) is 0.0667. The maximum absolute atomic E-state index is 11.1. The number of pyridine rings is 1. The van der Waals surface area contributed by atoms with Crippen LogP contribution in [-0.4, -0.2) is 17.0 Å². The minimum Gasteiger partial charge on any atom is -0.496 e. The van der Waals surface area contributed by atoms with E-state index in [9.17, 15) is 10.1 Å². The summed E-state index contributed by atoms with van der Waals surface area (Å²) in [6.07, 6.45) is 9.47. The van der Waals surface area contributed by atoms with Crippen LogP contribution in [0, 0.1) is 41.7 Å². The van der Waals surface area contributed by atoms with Crippen molar-refractivity contribution in [3.8, 4) is 5.75 Å². The van der Waals surface area contributed by atoms with Crippen molar-refractivity contribution >= 4 is 16.6 Å². The Balaban J connectivity index is 2.15. The molecule has 1 aliphatic carbocycles. The molecule has 0 spiro atoms. The molecule has 0 aliphatic heterocycles. The van der Waals surface area contributed by atoms with Gasteiger partial charge in [0.2, 0.25) is 0 Å². The van der Waals surface area contributed by atoms with E-state index in [4.69, 9.17) is 4.74 Å². The number of methoxy groups -OCH3 is 1. The van der Waals surface area contributed by atoms with Crippen molar-refractivity contribution < 1.29 is 9.66 Å². The molecule has 5 nitrogen and oxygen atoms in total. The normalized spacial score (nSPS) is 15.7. The number of benzene rings is 1. The standard InChI is InChI=1S/C15H11N2O3/c1-20-13-7-11-6-12(10-4-2-3-5-10)9-16-15(11)14(8-13)17(18)19/h2-9H,1H3. The molecule has 1 aromatic carbocycles. The number of hydrogen-bond acceptors (Lipinski definition) is 4. The average molecular weight is 267 g/mol. The van der Waals surface area contributed by atoms with Gasteiger partial charge in [0.05, 0.1) is 18.1 Å². The molecular formula is C15H11N2O3. The van der Waals surface area contributed by atoms with E-state index in [0.717, 1.165) is 11.5 Å². The van der Waals surface area contributed by atoms with Crippen LogP contribution >= 0.6 is 0 Å². The molecule has 1 heterocycles. The number of fused-ring (bicyclic) bond motifs is 1. The van der Waals surface area contributed by atoms with Crippen molar-refractivity contribution in [1.29, 1.82) is 0 Å². The highest BCUT2D eigenvalue weighted by Gasteiger charge is 2.21. The van der Waals surface area contributed by atoms with Crippen LogP contribution in [0.4, 0.5) is 5.69 Å². The third kappa shape index (κ3) is 2.19. The van der Waals surface area contributed by atoms with Gasteiger partial charge in [-0.3, -0.25) is 10.1 Å². The molecule has 20 heavy (non-hydrogen) atoms. The largest absolute Gasteiger partial charge is 0.496 e. The van der Waals surface area contributed by atoms with Gasteiger partial charge in [-0.25, -0.2) is 4.98 Å². The quantitative estimate of drug-likeness (QED) is 0.633. The first-order chi connectivity index (χ1) is 9.69. The van der Waals surface area contributed by atoms with Crippen LogP contribution in [0.2, 0.25) is 0 Å². The molecule has 1 aromatic heterocycles. The Labute approximate surface area is 116 Å². The van der Waals surface area contributed by atoms with Crippen molar-refractivity contribution in [2.45, 2.75) is 0 Å². The first kappa shape index (κ1) is 12.8. The lowest BCUT2D eigenvalue weighted by Gasteiger charge is -2.09. The number of nitro groups is 1. The molecular weight excluding hydrogens is 256 g/mol. The molecule has 0 bridgehead atoms. The number of rotatable bonds is 3. The molecule has 2 aromatic rings. The second-order valence-corrected chi connectivity index (χ2v) is 4.37. The average Bonchev–Trinajstić information content (AvgIpc) is 2.99. The number of nitro benzene ring substituents is 1. The Hall–Kier alpha value is -2.17. The van der Waals surface area contributed by atoms with Crippen LogP contribution in [0.3, 0.4) is 0 Å². The van der Waals surface area contributed by atoms with Crippen LogP contribution in [0.5, 0.6) is 5.75 Å². The monoisotopic (exact) mass is 267 g/mol. The van der Waals surface area contributed by atoms with Gasteiger partial charge in [0.25, 0.3) is 5.69 Å². The minimum absolute atomic E-state index is 0.0478. The highest BCUT2D eigenvalue weighted by molar-refractivity contribution is 5.89. The summed E-state index contributed by atoms with van der Waals surface area (Å²) in [5, 5.41) is 11.8. The highest BCUT2D eigenvalue weighted by Crippen LogP contribution is 2.34. The van der Waals surface area contributed by atoms with Gasteiger partial charge >= 0.3 is 0 Å². The first-order valence-electron chi connectivity index (χ1n) is 6.03. The van der Waals surface area contributed by atoms with E-state index in [-0.39, 0.29) is 5.69 Å². The molecule has 3 rings (SSSR count). The Morgan fingerprint density at radius 2 is 1.95 bits per heavy atom. The zero-order valence-electron chi connectivity index (χ0n) is 10.7. The zero-order chi connectivity index (χ0) is 14.1. The van der Waals surface area contributed by atoms with Gasteiger partial charge < -0.3 is 4.74 Å². The van der Waals surface area contributed by atoms with Gasteiger partial charge in [0.1, 0.15) is 11.3 Å². The lowest BCUT2D eigenvalue weighted by atomic mass is 9.98. The smallest absolute Gasteiger partial charge is 0.299 e. The summed E-state index contributed by atoms with van der Waals surface area (Å²) in [7, 11) is 1.49. The van der Waals surface area contributed by atoms with Gasteiger partial charge in [-0.15, -0.1) is 0 Å². The minimum atomic E-state index is -0.444. The summed E-state index contributed by atoms with van der Waals surface area (Å²) >= 11 is 0. The fourth-order valence-electron chi connectivity index (χ4n) is 2.19. The number of non-ortho nitro benzene ring substituents is 1. The van der Waals surface area contributed by atoms with Crippen molar-refractivity contribution in [2.75, 3.05) is 7.11 Å². The predicted octanol–water partition coefficient (Wildman–Crippen LogP) is 2.90. The van der Waals surface area contributed by atoms with E-state index in [0.29, 0.717) is 16.7 Å². The maximum atomic E-state index is 11.1. The lowest BCUT2D eigenvalue weighted by molar-refractivity contribution is -0.383. The number of aromatic nitrogens is 1. The first-order valence-corrected chi connectivity index (χ1v) is 6.03. The summed E-state index contributed by atoms with van der Waals surface area (Å²) in [6.45, 7) is 0. The van der Waals surface area contributed by atoms with E-state index in [1.54, 1.807) is 12.3 Å². The van der Waals surface area contributed by atoms with Crippen LogP contribution in [0.1, 0.15) is 5.56 Å². The zero-order valence-corrected chi connectivity index (χ0v) is 10.7. The van der Waals surface area contributed by atoms with Crippen molar-refractivity contribution in [3.63, 3.8) is 0 Å². The van der Waals surface area contributed by atoms with E-state index in [1.165, 1.54) is 13.2 Å². The molecule has 0 atom stereocenters. The number of nitrogens with zero attached hydrogens (tertiary/aromatic N) is 2. The molecule has 1 saturated carbocycles. The predicted molar refractivity (Wildman–Crippen MR) is 74.5 cm³/mol. The molecule has 5 heteroatoms. The van der Waals surface area contributed by atoms with Crippen LogP contribution < -0.4 is 4.74 Å². The SMILES string of the molecule is COc1cc([N+](=O)[O-])c2ncc([C]3[CH][CH][CH][CH]3)cc2c1. The van der Waals surface area contributed by atoms with E-state index >= 15 is 0 Å². The van der Waals surface area contributed by atoms with Gasteiger partial charge in [-0.2, -0.15) is 0 Å². The summed E-state index contributed by atoms with van der Waals surface area (Å²) in [5.74, 6) is 1.48. The second kappa shape index (κ2) is 5.07. The molecule has 0 unspecified atom stereocenters. The third-order valence-corrected chi connectivity index (χ3v) is 3.16. The number of hydrogen-bond donors (Lipinski definition) is 0. The molecule has 5 radical (unpaired) electrons. The third-order valence-electron chi connectivity index (χ3n) is 3.16. The van der Waals surface area contributed by atoms with Gasteiger partial charge in [0.15, 0.2) is 0 Å². The van der Waals surface area contributed by atoms with Crippen LogP contribution in [0.15, 0.2) is 24.4 Å². The molecule has 0 amide bonds. The Kier molecular flexibility index (Phi) is 3.26. The van der Waals surface area contributed by atoms with Crippen molar-refractivity contribution in [2.24, 2.45) is 0 Å². The second-order valence-electron chi connectivity index (χ2n) is 4.37. The van der Waals surface area contributed by atoms with Gasteiger partial charge in [-0.05, 0) is 43.4 Å². The fourth-order valence-corrected chi connectivity index (χ4v) is 2.19. The molecule has 1 aliphatic rings. The Morgan fingerprint density at radius 1 is 1.20 bits per heavy atom. The summed E-state index contributed by atoms with van der Waals surface area (Å²) in [4.78, 5) is 14.9. The maximum Gasteiger partial charge on any atom is 0.299 e. The topological polar surface area (TPSA) is 65.3 Å². The van der Waals surface area contributed by atoms with E-state index in [1.807, 2.05) is 31.7 Å². The lowest BCUT2D eigenvalue weighted by Crippen LogP contribution is -1.98. The molecule has 1 fully saturated rings. The van der Waals surface area contributed by atoms with Crippen molar-refractivity contribution in [3.05, 3.63) is 71.7 Å². The van der Waals surface area contributed by atoms with Crippen molar-refractivity contribution in [1.82, 2.24) is 4.98 Å². The Bertz CT molecular complexity index is 663. The van der Waals surface area contributed by atoms with Gasteiger partial charge in [0, 0.05) is 17.5 Å². The number of ether oxygens (including phenoxy) is 1. The molecule has 99 valence electrons. The van der Waals surface area contributed by atoms with Crippen LogP contribution in [0.25, 0.3) is 10.9 Å². The summed E-state index contributed by atoms with van der Waals surface area (Å²) in [6, 6.07) is 5.02.